The second-order valence-electron chi connectivity index (χ2n) is 4.58. The molecule has 0 aliphatic carbocycles. The Balaban J connectivity index is 2.06. The lowest BCUT2D eigenvalue weighted by Crippen LogP contribution is -2.33. The van der Waals surface area contributed by atoms with E-state index in [0.29, 0.717) is 11.4 Å². The highest BCUT2D eigenvalue weighted by molar-refractivity contribution is 5.55. The van der Waals surface area contributed by atoms with Crippen LogP contribution in [0.25, 0.3) is 11.4 Å². The van der Waals surface area contributed by atoms with E-state index < -0.39 is 11.6 Å². The zero-order chi connectivity index (χ0) is 13.4. The van der Waals surface area contributed by atoms with Gasteiger partial charge in [0.25, 0.3) is 0 Å². The monoisotopic (exact) mass is 264 g/mol. The molecule has 4 nitrogen and oxygen atoms in total. The second kappa shape index (κ2) is 4.70. The van der Waals surface area contributed by atoms with Crippen LogP contribution in [0.15, 0.2) is 18.2 Å². The van der Waals surface area contributed by atoms with Crippen molar-refractivity contribution in [3.8, 4) is 11.4 Å². The molecule has 100 valence electrons. The molecule has 1 unspecified atom stereocenters. The van der Waals surface area contributed by atoms with Crippen LogP contribution in [0.3, 0.4) is 0 Å². The summed E-state index contributed by atoms with van der Waals surface area (Å²) in [6, 6.07) is 3.97. The lowest BCUT2D eigenvalue weighted by molar-refractivity contribution is 0.407. The Bertz CT molecular complexity index is 609. The third-order valence-corrected chi connectivity index (χ3v) is 3.40. The van der Waals surface area contributed by atoms with Gasteiger partial charge in [0.1, 0.15) is 0 Å². The molecule has 0 radical (unpaired) electrons. The zero-order valence-electron chi connectivity index (χ0n) is 10.5. The molecule has 1 aliphatic heterocycles. The standard InChI is InChI=1S/C13H14F2N4/c1-2-11-13-18-17-12(19(13)6-5-16-11)8-3-4-9(14)10(15)7-8/h3-4,7,11,16H,2,5-6H2,1H3. The van der Waals surface area contributed by atoms with Crippen LogP contribution in [0.5, 0.6) is 0 Å². The van der Waals surface area contributed by atoms with Crippen molar-refractivity contribution in [1.82, 2.24) is 20.1 Å². The van der Waals surface area contributed by atoms with Crippen LogP contribution in [0.4, 0.5) is 8.78 Å². The molecule has 0 spiro atoms. The highest BCUT2D eigenvalue weighted by Crippen LogP contribution is 2.26. The summed E-state index contributed by atoms with van der Waals surface area (Å²) in [7, 11) is 0. The summed E-state index contributed by atoms with van der Waals surface area (Å²) in [5.74, 6) is -0.270. The van der Waals surface area contributed by atoms with E-state index >= 15 is 0 Å². The predicted octanol–water partition coefficient (Wildman–Crippen LogP) is 2.28. The summed E-state index contributed by atoms with van der Waals surface area (Å²) >= 11 is 0. The third-order valence-electron chi connectivity index (χ3n) is 3.40. The van der Waals surface area contributed by atoms with E-state index in [2.05, 4.69) is 22.4 Å². The summed E-state index contributed by atoms with van der Waals surface area (Å²) < 4.78 is 28.2. The maximum Gasteiger partial charge on any atom is 0.164 e. The average molecular weight is 264 g/mol. The van der Waals surface area contributed by atoms with Crippen molar-refractivity contribution in [1.29, 1.82) is 0 Å². The van der Waals surface area contributed by atoms with Crippen molar-refractivity contribution in [2.45, 2.75) is 25.9 Å². The van der Waals surface area contributed by atoms with E-state index in [1.165, 1.54) is 6.07 Å². The van der Waals surface area contributed by atoms with E-state index in [9.17, 15) is 8.78 Å². The molecule has 19 heavy (non-hydrogen) atoms. The summed E-state index contributed by atoms with van der Waals surface area (Å²) in [5, 5.41) is 11.6. The molecule has 1 aromatic carbocycles. The predicted molar refractivity (Wildman–Crippen MR) is 66.4 cm³/mol. The Morgan fingerprint density at radius 1 is 1.32 bits per heavy atom. The highest BCUT2D eigenvalue weighted by Gasteiger charge is 2.24. The molecule has 1 atom stereocenters. The average Bonchev–Trinajstić information content (AvgIpc) is 2.85. The summed E-state index contributed by atoms with van der Waals surface area (Å²) in [6.45, 7) is 3.62. The summed E-state index contributed by atoms with van der Waals surface area (Å²) in [5.41, 5.74) is 0.550. The van der Waals surface area contributed by atoms with Gasteiger partial charge in [-0.3, -0.25) is 0 Å². The van der Waals surface area contributed by atoms with Gasteiger partial charge in [0.2, 0.25) is 0 Å². The minimum atomic E-state index is -0.865. The third kappa shape index (κ3) is 2.02. The maximum absolute atomic E-state index is 13.3. The van der Waals surface area contributed by atoms with Crippen molar-refractivity contribution in [3.05, 3.63) is 35.7 Å². The fraction of sp³-hybridized carbons (Fsp3) is 0.385. The van der Waals surface area contributed by atoms with Gasteiger partial charge in [-0.2, -0.15) is 0 Å². The first-order valence-electron chi connectivity index (χ1n) is 6.32. The molecular weight excluding hydrogens is 250 g/mol. The number of nitrogens with zero attached hydrogens (tertiary/aromatic N) is 3. The first kappa shape index (κ1) is 12.2. The second-order valence-corrected chi connectivity index (χ2v) is 4.58. The van der Waals surface area contributed by atoms with E-state index in [4.69, 9.17) is 0 Å². The number of rotatable bonds is 2. The molecule has 1 N–H and O–H groups in total. The van der Waals surface area contributed by atoms with Crippen LogP contribution in [-0.4, -0.2) is 21.3 Å². The summed E-state index contributed by atoms with van der Waals surface area (Å²) in [4.78, 5) is 0. The Labute approximate surface area is 109 Å². The first-order chi connectivity index (χ1) is 9.20. The molecule has 2 aromatic rings. The van der Waals surface area contributed by atoms with Gasteiger partial charge in [0.15, 0.2) is 23.3 Å². The van der Waals surface area contributed by atoms with Gasteiger partial charge in [-0.25, -0.2) is 8.78 Å². The van der Waals surface area contributed by atoms with E-state index in [0.717, 1.165) is 37.5 Å². The van der Waals surface area contributed by atoms with Crippen molar-refractivity contribution in [2.24, 2.45) is 0 Å². The molecule has 3 rings (SSSR count). The summed E-state index contributed by atoms with van der Waals surface area (Å²) in [6.07, 6.45) is 0.913. The number of hydrogen-bond acceptors (Lipinski definition) is 3. The number of hydrogen-bond donors (Lipinski definition) is 1. The molecule has 1 aliphatic rings. The quantitative estimate of drug-likeness (QED) is 0.905. The van der Waals surface area contributed by atoms with Gasteiger partial charge in [-0.05, 0) is 24.6 Å². The number of fused-ring (bicyclic) bond motifs is 1. The fourth-order valence-corrected chi connectivity index (χ4v) is 2.41. The lowest BCUT2D eigenvalue weighted by atomic mass is 10.1. The van der Waals surface area contributed by atoms with Gasteiger partial charge < -0.3 is 9.88 Å². The van der Waals surface area contributed by atoms with Crippen LogP contribution in [-0.2, 0) is 6.54 Å². The van der Waals surface area contributed by atoms with Crippen molar-refractivity contribution in [2.75, 3.05) is 6.54 Å². The molecule has 0 bridgehead atoms. The highest BCUT2D eigenvalue weighted by atomic mass is 19.2. The van der Waals surface area contributed by atoms with Crippen molar-refractivity contribution < 1.29 is 8.78 Å². The first-order valence-corrected chi connectivity index (χ1v) is 6.32. The molecule has 0 amide bonds. The van der Waals surface area contributed by atoms with Crippen LogP contribution in [0, 0.1) is 11.6 Å². The topological polar surface area (TPSA) is 42.7 Å². The molecule has 6 heteroatoms. The Morgan fingerprint density at radius 3 is 2.89 bits per heavy atom. The Kier molecular flexibility index (Phi) is 3.02. The maximum atomic E-state index is 13.3. The van der Waals surface area contributed by atoms with Gasteiger partial charge in [-0.15, -0.1) is 10.2 Å². The van der Waals surface area contributed by atoms with E-state index in [1.807, 2.05) is 4.57 Å². The minimum Gasteiger partial charge on any atom is -0.308 e. The van der Waals surface area contributed by atoms with Crippen LogP contribution in [0.1, 0.15) is 25.2 Å². The van der Waals surface area contributed by atoms with Gasteiger partial charge >= 0.3 is 0 Å². The largest absolute Gasteiger partial charge is 0.308 e. The number of benzene rings is 1. The number of nitrogens with one attached hydrogen (secondary N) is 1. The molecule has 0 fully saturated rings. The van der Waals surface area contributed by atoms with Crippen LogP contribution in [0.2, 0.25) is 0 Å². The number of aromatic nitrogens is 3. The van der Waals surface area contributed by atoms with Crippen LogP contribution >= 0.6 is 0 Å². The molecular formula is C13H14F2N4. The molecule has 1 aromatic heterocycles. The van der Waals surface area contributed by atoms with E-state index in [-0.39, 0.29) is 6.04 Å². The van der Waals surface area contributed by atoms with Gasteiger partial charge in [0.05, 0.1) is 6.04 Å². The molecule has 0 saturated heterocycles. The fourth-order valence-electron chi connectivity index (χ4n) is 2.41. The Hall–Kier alpha value is -1.82. The SMILES string of the molecule is CCC1NCCn2c(-c3ccc(F)c(F)c3)nnc21. The van der Waals surface area contributed by atoms with Gasteiger partial charge in [-0.1, -0.05) is 6.92 Å². The minimum absolute atomic E-state index is 0.167. The molecule has 2 heterocycles. The normalized spacial score (nSPS) is 18.4. The van der Waals surface area contributed by atoms with Crippen LogP contribution < -0.4 is 5.32 Å². The lowest BCUT2D eigenvalue weighted by Gasteiger charge is -2.24. The zero-order valence-corrected chi connectivity index (χ0v) is 10.5. The van der Waals surface area contributed by atoms with Gasteiger partial charge in [0, 0.05) is 18.7 Å². The van der Waals surface area contributed by atoms with E-state index in [1.54, 1.807) is 0 Å². The van der Waals surface area contributed by atoms with Crippen molar-refractivity contribution in [3.63, 3.8) is 0 Å². The van der Waals surface area contributed by atoms with Crippen molar-refractivity contribution >= 4 is 0 Å². The smallest absolute Gasteiger partial charge is 0.164 e. The Morgan fingerprint density at radius 2 is 2.16 bits per heavy atom. The number of halogens is 2. The molecule has 0 saturated carbocycles.